The van der Waals surface area contributed by atoms with Crippen molar-refractivity contribution in [3.63, 3.8) is 0 Å². The van der Waals surface area contributed by atoms with Gasteiger partial charge >= 0.3 is 0 Å². The van der Waals surface area contributed by atoms with Crippen LogP contribution in [0.3, 0.4) is 0 Å². The summed E-state index contributed by atoms with van der Waals surface area (Å²) < 4.78 is 25.8. The van der Waals surface area contributed by atoms with Crippen molar-refractivity contribution in [3.8, 4) is 0 Å². The number of alkyl halides is 2. The van der Waals surface area contributed by atoms with Gasteiger partial charge in [0.05, 0.1) is 0 Å². The average Bonchev–Trinajstić information content (AvgIpc) is 2.14. The molecule has 1 aromatic heterocycles. The van der Waals surface area contributed by atoms with Gasteiger partial charge in [-0.2, -0.15) is 0 Å². The predicted molar refractivity (Wildman–Crippen MR) is 53.9 cm³/mol. The predicted octanol–water partition coefficient (Wildman–Crippen LogP) is 2.02. The topological polar surface area (TPSA) is 38.9 Å². The lowest BCUT2D eigenvalue weighted by Gasteiger charge is -2.47. The first kappa shape index (κ1) is 10.5. The van der Waals surface area contributed by atoms with E-state index in [-0.39, 0.29) is 19.4 Å². The molecule has 1 aliphatic rings. The van der Waals surface area contributed by atoms with Crippen molar-refractivity contribution in [2.24, 2.45) is 5.73 Å². The number of pyridine rings is 1. The molecule has 1 fully saturated rings. The molecule has 2 nitrogen and oxygen atoms in total. The highest BCUT2D eigenvalue weighted by Gasteiger charge is 2.56. The van der Waals surface area contributed by atoms with Crippen LogP contribution in [0.2, 0.25) is 0 Å². The monoisotopic (exact) mass is 212 g/mol. The average molecular weight is 212 g/mol. The van der Waals surface area contributed by atoms with E-state index in [9.17, 15) is 8.78 Å². The Morgan fingerprint density at radius 3 is 2.47 bits per heavy atom. The third-order valence-electron chi connectivity index (χ3n) is 3.11. The summed E-state index contributed by atoms with van der Waals surface area (Å²) in [6.45, 7) is 2.13. The van der Waals surface area contributed by atoms with Crippen LogP contribution in [-0.2, 0) is 5.41 Å². The SMILES string of the molecule is Cc1ccc(C2(CN)CC(F)(F)C2)cn1. The van der Waals surface area contributed by atoms with Crippen LogP contribution in [0.25, 0.3) is 0 Å². The third kappa shape index (κ3) is 1.74. The Hall–Kier alpha value is -1.03. The van der Waals surface area contributed by atoms with Crippen LogP contribution >= 0.6 is 0 Å². The van der Waals surface area contributed by atoms with Gasteiger partial charge in [-0.05, 0) is 18.6 Å². The minimum Gasteiger partial charge on any atom is -0.330 e. The van der Waals surface area contributed by atoms with Gasteiger partial charge < -0.3 is 5.73 Å². The Balaban J connectivity index is 2.25. The molecular formula is C11H14F2N2. The highest BCUT2D eigenvalue weighted by molar-refractivity contribution is 5.29. The zero-order valence-corrected chi connectivity index (χ0v) is 8.63. The molecule has 1 saturated carbocycles. The molecule has 0 radical (unpaired) electrons. The number of nitrogens with zero attached hydrogens (tertiary/aromatic N) is 1. The van der Waals surface area contributed by atoms with E-state index in [2.05, 4.69) is 4.98 Å². The summed E-state index contributed by atoms with van der Waals surface area (Å²) in [6.07, 6.45) is 1.36. The normalized spacial score (nSPS) is 22.1. The first-order valence-electron chi connectivity index (χ1n) is 4.99. The van der Waals surface area contributed by atoms with E-state index in [1.165, 1.54) is 0 Å². The number of rotatable bonds is 2. The molecule has 0 saturated heterocycles. The largest absolute Gasteiger partial charge is 0.330 e. The van der Waals surface area contributed by atoms with Gasteiger partial charge in [0.15, 0.2) is 0 Å². The van der Waals surface area contributed by atoms with Crippen LogP contribution in [0.15, 0.2) is 18.3 Å². The Morgan fingerprint density at radius 1 is 1.40 bits per heavy atom. The fourth-order valence-electron chi connectivity index (χ4n) is 2.19. The van der Waals surface area contributed by atoms with Crippen molar-refractivity contribution in [1.82, 2.24) is 4.98 Å². The second-order valence-corrected chi connectivity index (χ2v) is 4.38. The number of nitrogens with two attached hydrogens (primary N) is 1. The van der Waals surface area contributed by atoms with Crippen LogP contribution < -0.4 is 5.73 Å². The van der Waals surface area contributed by atoms with Crippen molar-refractivity contribution in [2.45, 2.75) is 31.1 Å². The molecule has 0 aliphatic heterocycles. The molecule has 2 rings (SSSR count). The van der Waals surface area contributed by atoms with Gasteiger partial charge in [0.2, 0.25) is 5.92 Å². The van der Waals surface area contributed by atoms with E-state index in [1.807, 2.05) is 19.1 Å². The molecule has 15 heavy (non-hydrogen) atoms. The lowest BCUT2D eigenvalue weighted by Crippen LogP contribution is -2.53. The zero-order chi connectivity index (χ0) is 11.1. The second kappa shape index (κ2) is 3.23. The first-order valence-corrected chi connectivity index (χ1v) is 4.99. The molecule has 1 aromatic rings. The molecule has 82 valence electrons. The van der Waals surface area contributed by atoms with Gasteiger partial charge in [-0.15, -0.1) is 0 Å². The van der Waals surface area contributed by atoms with Gasteiger partial charge in [-0.1, -0.05) is 6.07 Å². The van der Waals surface area contributed by atoms with Gasteiger partial charge in [0.25, 0.3) is 0 Å². The van der Waals surface area contributed by atoms with Crippen molar-refractivity contribution < 1.29 is 8.78 Å². The van der Waals surface area contributed by atoms with E-state index < -0.39 is 11.3 Å². The van der Waals surface area contributed by atoms with E-state index in [1.54, 1.807) is 6.20 Å². The lowest BCUT2D eigenvalue weighted by molar-refractivity contribution is -0.123. The summed E-state index contributed by atoms with van der Waals surface area (Å²) in [6, 6.07) is 3.69. The van der Waals surface area contributed by atoms with Gasteiger partial charge in [-0.3, -0.25) is 4.98 Å². The van der Waals surface area contributed by atoms with Crippen LogP contribution in [-0.4, -0.2) is 17.5 Å². The minimum absolute atomic E-state index is 0.152. The Bertz CT molecular complexity index is 351. The molecule has 4 heteroatoms. The number of hydrogen-bond acceptors (Lipinski definition) is 2. The molecule has 1 heterocycles. The number of halogens is 2. The van der Waals surface area contributed by atoms with Gasteiger partial charge in [-0.25, -0.2) is 8.78 Å². The highest BCUT2D eigenvalue weighted by Crippen LogP contribution is 2.52. The summed E-state index contributed by atoms with van der Waals surface area (Å²) in [4.78, 5) is 4.12. The van der Waals surface area contributed by atoms with Crippen LogP contribution in [0, 0.1) is 6.92 Å². The van der Waals surface area contributed by atoms with Crippen LogP contribution in [0.1, 0.15) is 24.1 Å². The summed E-state index contributed by atoms with van der Waals surface area (Å²) in [5, 5.41) is 0. The fraction of sp³-hybridized carbons (Fsp3) is 0.545. The first-order chi connectivity index (χ1) is 6.97. The standard InChI is InChI=1S/C11H14F2N2/c1-8-2-3-9(4-15-8)10(7-14)5-11(12,13)6-10/h2-4H,5-7,14H2,1H3. The van der Waals surface area contributed by atoms with Crippen LogP contribution in [0.4, 0.5) is 8.78 Å². The molecular weight excluding hydrogens is 198 g/mol. The number of hydrogen-bond donors (Lipinski definition) is 1. The molecule has 0 atom stereocenters. The smallest absolute Gasteiger partial charge is 0.250 e. The maximum Gasteiger partial charge on any atom is 0.250 e. The molecule has 0 bridgehead atoms. The van der Waals surface area contributed by atoms with Crippen molar-refractivity contribution in [2.75, 3.05) is 6.54 Å². The molecule has 0 amide bonds. The van der Waals surface area contributed by atoms with Crippen LogP contribution in [0.5, 0.6) is 0 Å². The highest BCUT2D eigenvalue weighted by atomic mass is 19.3. The van der Waals surface area contributed by atoms with E-state index >= 15 is 0 Å². The van der Waals surface area contributed by atoms with E-state index in [4.69, 9.17) is 5.73 Å². The third-order valence-corrected chi connectivity index (χ3v) is 3.11. The Kier molecular flexibility index (Phi) is 2.26. The quantitative estimate of drug-likeness (QED) is 0.814. The Morgan fingerprint density at radius 2 is 2.07 bits per heavy atom. The van der Waals surface area contributed by atoms with Crippen molar-refractivity contribution >= 4 is 0 Å². The maximum atomic E-state index is 12.9. The number of aromatic nitrogens is 1. The summed E-state index contributed by atoms with van der Waals surface area (Å²) in [5.74, 6) is -2.55. The Labute approximate surface area is 87.5 Å². The van der Waals surface area contributed by atoms with Gasteiger partial charge in [0, 0.05) is 36.7 Å². The maximum absolute atomic E-state index is 12.9. The lowest BCUT2D eigenvalue weighted by atomic mass is 9.62. The molecule has 1 aliphatic carbocycles. The van der Waals surface area contributed by atoms with Crippen molar-refractivity contribution in [1.29, 1.82) is 0 Å². The zero-order valence-electron chi connectivity index (χ0n) is 8.63. The summed E-state index contributed by atoms with van der Waals surface area (Å²) in [5.41, 5.74) is 6.77. The number of aryl methyl sites for hydroxylation is 1. The van der Waals surface area contributed by atoms with E-state index in [0.717, 1.165) is 11.3 Å². The van der Waals surface area contributed by atoms with E-state index in [0.29, 0.717) is 0 Å². The second-order valence-electron chi connectivity index (χ2n) is 4.38. The summed E-state index contributed by atoms with van der Waals surface area (Å²) >= 11 is 0. The fourth-order valence-corrected chi connectivity index (χ4v) is 2.19. The molecule has 2 N–H and O–H groups in total. The van der Waals surface area contributed by atoms with Crippen molar-refractivity contribution in [3.05, 3.63) is 29.6 Å². The molecule has 0 unspecified atom stereocenters. The summed E-state index contributed by atoms with van der Waals surface area (Å²) in [7, 11) is 0. The molecule has 0 spiro atoms. The van der Waals surface area contributed by atoms with Gasteiger partial charge in [0.1, 0.15) is 0 Å². The molecule has 0 aromatic carbocycles. The minimum atomic E-state index is -2.55.